The van der Waals surface area contributed by atoms with Crippen LogP contribution in [0.25, 0.3) is 0 Å². The Kier molecular flexibility index (Phi) is 6.95. The van der Waals surface area contributed by atoms with Gasteiger partial charge in [0.2, 0.25) is 0 Å². The van der Waals surface area contributed by atoms with E-state index in [4.69, 9.17) is 5.11 Å². The Hall–Kier alpha value is -3.83. The number of anilines is 1. The first-order valence-electron chi connectivity index (χ1n) is 8.22. The Morgan fingerprint density at radius 1 is 1.03 bits per heavy atom. The lowest BCUT2D eigenvalue weighted by atomic mass is 10.0. The van der Waals surface area contributed by atoms with E-state index in [0.29, 0.717) is 0 Å². The number of nitrogens with zero attached hydrogens (tertiary/aromatic N) is 1. The lowest BCUT2D eigenvalue weighted by molar-refractivity contribution is -0.384. The molecule has 29 heavy (non-hydrogen) atoms. The van der Waals surface area contributed by atoms with Gasteiger partial charge in [-0.1, -0.05) is 12.1 Å². The highest BCUT2D eigenvalue weighted by Crippen LogP contribution is 2.20. The van der Waals surface area contributed by atoms with Crippen LogP contribution in [0.1, 0.15) is 22.0 Å². The van der Waals surface area contributed by atoms with Crippen LogP contribution in [-0.2, 0) is 9.59 Å². The molecule has 0 radical (unpaired) electrons. The van der Waals surface area contributed by atoms with E-state index in [1.807, 2.05) is 0 Å². The molecule has 2 atom stereocenters. The normalized spacial score (nSPS) is 12.5. The van der Waals surface area contributed by atoms with Gasteiger partial charge >= 0.3 is 17.8 Å². The molecule has 2 amide bonds. The number of carboxylic acids is 1. The summed E-state index contributed by atoms with van der Waals surface area (Å²) in [7, 11) is 0. The number of carboxylic acid groups (broad SMARTS) is 1. The molecule has 0 aliphatic carbocycles. The molecule has 152 valence electrons. The summed E-state index contributed by atoms with van der Waals surface area (Å²) in [4.78, 5) is 45.4. The zero-order chi connectivity index (χ0) is 21.6. The number of nitro benzene ring substituents is 1. The first kappa shape index (κ1) is 21.5. The average Bonchev–Trinajstić information content (AvgIpc) is 2.71. The fourth-order valence-electron chi connectivity index (χ4n) is 2.44. The molecule has 11 nitrogen and oxygen atoms in total. The number of aliphatic hydroxyl groups excluding tert-OH is 2. The highest BCUT2D eigenvalue weighted by molar-refractivity contribution is 6.40. The maximum Gasteiger partial charge on any atom is 0.337 e. The number of carbonyl (C=O) groups is 3. The van der Waals surface area contributed by atoms with E-state index in [1.165, 1.54) is 36.4 Å². The molecular formula is C18H17N3O8. The molecule has 0 saturated carbocycles. The summed E-state index contributed by atoms with van der Waals surface area (Å²) < 4.78 is 0. The van der Waals surface area contributed by atoms with Crippen molar-refractivity contribution in [3.05, 3.63) is 69.8 Å². The van der Waals surface area contributed by atoms with E-state index in [9.17, 15) is 34.7 Å². The summed E-state index contributed by atoms with van der Waals surface area (Å²) in [5, 5.41) is 43.8. The van der Waals surface area contributed by atoms with E-state index in [2.05, 4.69) is 10.6 Å². The Balaban J connectivity index is 2.08. The second-order valence-corrected chi connectivity index (χ2v) is 5.86. The summed E-state index contributed by atoms with van der Waals surface area (Å²) in [6.07, 6.45) is -1.45. The van der Waals surface area contributed by atoms with Crippen molar-refractivity contribution in [1.29, 1.82) is 0 Å². The van der Waals surface area contributed by atoms with Crippen molar-refractivity contribution >= 4 is 29.2 Å². The first-order chi connectivity index (χ1) is 13.7. The largest absolute Gasteiger partial charge is 0.478 e. The minimum atomic E-state index is -1.45. The first-order valence-corrected chi connectivity index (χ1v) is 8.22. The minimum Gasteiger partial charge on any atom is -0.478 e. The number of para-hydroxylation sites is 1. The molecule has 5 N–H and O–H groups in total. The summed E-state index contributed by atoms with van der Waals surface area (Å²) in [6.45, 7) is -0.733. The van der Waals surface area contributed by atoms with Gasteiger partial charge < -0.3 is 26.0 Å². The number of nitro groups is 1. The van der Waals surface area contributed by atoms with Crippen LogP contribution < -0.4 is 10.6 Å². The monoisotopic (exact) mass is 403 g/mol. The third kappa shape index (κ3) is 5.34. The molecule has 0 aliphatic rings. The topological polar surface area (TPSA) is 179 Å². The molecule has 0 spiro atoms. The number of non-ortho nitro benzene ring substituents is 1. The number of hydrogen-bond donors (Lipinski definition) is 5. The Morgan fingerprint density at radius 2 is 1.66 bits per heavy atom. The maximum absolute atomic E-state index is 12.1. The average molecular weight is 403 g/mol. The quantitative estimate of drug-likeness (QED) is 0.251. The van der Waals surface area contributed by atoms with Crippen molar-refractivity contribution in [2.75, 3.05) is 11.9 Å². The Morgan fingerprint density at radius 3 is 2.21 bits per heavy atom. The summed E-state index contributed by atoms with van der Waals surface area (Å²) in [5.74, 6) is -3.72. The molecule has 0 heterocycles. The number of aliphatic hydroxyl groups is 2. The molecule has 11 heteroatoms. The van der Waals surface area contributed by atoms with Gasteiger partial charge in [-0.2, -0.15) is 0 Å². The van der Waals surface area contributed by atoms with Crippen molar-refractivity contribution in [2.24, 2.45) is 0 Å². The van der Waals surface area contributed by atoms with Crippen molar-refractivity contribution in [1.82, 2.24) is 5.32 Å². The van der Waals surface area contributed by atoms with Gasteiger partial charge in [0.1, 0.15) is 6.10 Å². The van der Waals surface area contributed by atoms with Crippen molar-refractivity contribution < 1.29 is 34.6 Å². The van der Waals surface area contributed by atoms with Crippen LogP contribution in [-0.4, -0.2) is 50.7 Å². The van der Waals surface area contributed by atoms with Gasteiger partial charge in [0.15, 0.2) is 0 Å². The minimum absolute atomic E-state index is 0.100. The smallest absolute Gasteiger partial charge is 0.337 e. The van der Waals surface area contributed by atoms with Gasteiger partial charge in [0.05, 0.1) is 28.8 Å². The van der Waals surface area contributed by atoms with E-state index in [1.54, 1.807) is 0 Å². The zero-order valence-electron chi connectivity index (χ0n) is 14.8. The highest BCUT2D eigenvalue weighted by atomic mass is 16.6. The van der Waals surface area contributed by atoms with Crippen LogP contribution in [0.2, 0.25) is 0 Å². The van der Waals surface area contributed by atoms with Crippen LogP contribution in [0.4, 0.5) is 11.4 Å². The van der Waals surface area contributed by atoms with Gasteiger partial charge in [0.25, 0.3) is 5.69 Å². The Labute approximate surface area is 163 Å². The van der Waals surface area contributed by atoms with Gasteiger partial charge in [-0.15, -0.1) is 0 Å². The van der Waals surface area contributed by atoms with Crippen LogP contribution in [0.3, 0.4) is 0 Å². The summed E-state index contributed by atoms with van der Waals surface area (Å²) in [5.41, 5.74) is -0.358. The van der Waals surface area contributed by atoms with Crippen molar-refractivity contribution in [3.8, 4) is 0 Å². The number of aromatic carboxylic acids is 1. The highest BCUT2D eigenvalue weighted by Gasteiger charge is 2.26. The molecule has 2 aromatic carbocycles. The SMILES string of the molecule is O=C(Nc1ccccc1C(=O)O)C(=O)N[C@@H](CO)[C@@H](O)c1ccc([N+](=O)[O-])cc1. The van der Waals surface area contributed by atoms with Gasteiger partial charge in [-0.3, -0.25) is 19.7 Å². The fraction of sp³-hybridized carbons (Fsp3) is 0.167. The number of rotatable bonds is 7. The molecular weight excluding hydrogens is 386 g/mol. The molecule has 0 fully saturated rings. The van der Waals surface area contributed by atoms with Crippen molar-refractivity contribution in [2.45, 2.75) is 12.1 Å². The molecule has 2 aromatic rings. The van der Waals surface area contributed by atoms with Crippen molar-refractivity contribution in [3.63, 3.8) is 0 Å². The fourth-order valence-corrected chi connectivity index (χ4v) is 2.44. The molecule has 0 aromatic heterocycles. The summed E-state index contributed by atoms with van der Waals surface area (Å²) in [6, 6.07) is 8.95. The Bertz CT molecular complexity index is 929. The lowest BCUT2D eigenvalue weighted by Crippen LogP contribution is -2.46. The lowest BCUT2D eigenvalue weighted by Gasteiger charge is -2.22. The predicted molar refractivity (Wildman–Crippen MR) is 99.1 cm³/mol. The van der Waals surface area contributed by atoms with Crippen LogP contribution >= 0.6 is 0 Å². The number of hydrogen-bond acceptors (Lipinski definition) is 7. The predicted octanol–water partition coefficient (Wildman–Crippen LogP) is 0.442. The van der Waals surface area contributed by atoms with Gasteiger partial charge in [-0.25, -0.2) is 4.79 Å². The van der Waals surface area contributed by atoms with E-state index < -0.39 is 41.5 Å². The molecule has 0 unspecified atom stereocenters. The third-order valence-corrected chi connectivity index (χ3v) is 3.95. The maximum atomic E-state index is 12.1. The van der Waals surface area contributed by atoms with E-state index in [-0.39, 0.29) is 22.5 Å². The second kappa shape index (κ2) is 9.39. The van der Waals surface area contributed by atoms with E-state index in [0.717, 1.165) is 12.1 Å². The van der Waals surface area contributed by atoms with E-state index >= 15 is 0 Å². The number of amides is 2. The standard InChI is InChI=1S/C18H17N3O8/c22-9-14(15(23)10-5-7-11(8-6-10)21(28)29)20-17(25)16(24)19-13-4-2-1-3-12(13)18(26)27/h1-8,14-15,22-23H,9H2,(H,19,24)(H,20,25)(H,26,27)/t14-,15-/m0/s1. The molecule has 0 bridgehead atoms. The number of benzene rings is 2. The molecule has 0 saturated heterocycles. The van der Waals surface area contributed by atoms with Gasteiger partial charge in [-0.05, 0) is 29.8 Å². The van der Waals surface area contributed by atoms with Crippen LogP contribution in [0.15, 0.2) is 48.5 Å². The summed E-state index contributed by atoms with van der Waals surface area (Å²) >= 11 is 0. The van der Waals surface area contributed by atoms with Crippen LogP contribution in [0.5, 0.6) is 0 Å². The second-order valence-electron chi connectivity index (χ2n) is 5.86. The zero-order valence-corrected chi connectivity index (χ0v) is 14.8. The third-order valence-electron chi connectivity index (χ3n) is 3.95. The van der Waals surface area contributed by atoms with Crippen LogP contribution in [0, 0.1) is 10.1 Å². The number of carbonyl (C=O) groups excluding carboxylic acids is 2. The molecule has 0 aliphatic heterocycles. The number of nitrogens with one attached hydrogen (secondary N) is 2. The van der Waals surface area contributed by atoms with Gasteiger partial charge in [0, 0.05) is 12.1 Å². The molecule has 2 rings (SSSR count).